The van der Waals surface area contributed by atoms with Gasteiger partial charge in [0.2, 0.25) is 0 Å². The van der Waals surface area contributed by atoms with Gasteiger partial charge in [0, 0.05) is 18.7 Å². The molecule has 2 N–H and O–H groups in total. The first-order chi connectivity index (χ1) is 9.90. The van der Waals surface area contributed by atoms with Crippen LogP contribution in [-0.2, 0) is 4.74 Å². The lowest BCUT2D eigenvalue weighted by Gasteiger charge is -2.10. The number of aryl methyl sites for hydroxylation is 2. The number of hydrogen-bond acceptors (Lipinski definition) is 3. The molecule has 0 aliphatic rings. The maximum atomic E-state index is 11.9. The van der Waals surface area contributed by atoms with Crippen LogP contribution in [0.5, 0.6) is 0 Å². The van der Waals surface area contributed by atoms with Crippen LogP contribution in [-0.4, -0.2) is 31.7 Å². The van der Waals surface area contributed by atoms with Gasteiger partial charge in [-0.25, -0.2) is 4.79 Å². The van der Waals surface area contributed by atoms with Crippen molar-refractivity contribution in [1.29, 1.82) is 0 Å². The Morgan fingerprint density at radius 2 is 1.76 bits per heavy atom. The quantitative estimate of drug-likeness (QED) is 0.791. The molecule has 5 heteroatoms. The number of ether oxygens (including phenoxy) is 1. The summed E-state index contributed by atoms with van der Waals surface area (Å²) in [5.41, 5.74) is 2.86. The first-order valence-corrected chi connectivity index (χ1v) is 7.16. The lowest BCUT2D eigenvalue weighted by Crippen LogP contribution is -2.35. The van der Waals surface area contributed by atoms with Crippen molar-refractivity contribution in [2.75, 3.05) is 19.7 Å². The van der Waals surface area contributed by atoms with Crippen molar-refractivity contribution in [2.45, 2.75) is 27.7 Å². The molecule has 0 bridgehead atoms. The highest BCUT2D eigenvalue weighted by atomic mass is 16.5. The third-order valence-electron chi connectivity index (χ3n) is 3.00. The van der Waals surface area contributed by atoms with Crippen LogP contribution >= 0.6 is 0 Å². The molecule has 0 saturated carbocycles. The van der Waals surface area contributed by atoms with Crippen molar-refractivity contribution in [3.05, 3.63) is 34.9 Å². The van der Waals surface area contributed by atoms with Gasteiger partial charge in [0.05, 0.1) is 6.61 Å². The highest BCUT2D eigenvalue weighted by molar-refractivity contribution is 5.94. The number of alkyl carbamates (subject to hydrolysis) is 1. The predicted molar refractivity (Wildman–Crippen MR) is 82.4 cm³/mol. The van der Waals surface area contributed by atoms with Crippen LogP contribution in [0.4, 0.5) is 4.79 Å². The summed E-state index contributed by atoms with van der Waals surface area (Å²) in [6, 6.07) is 5.57. The fraction of sp³-hybridized carbons (Fsp3) is 0.500. The largest absolute Gasteiger partial charge is 0.449 e. The van der Waals surface area contributed by atoms with Crippen LogP contribution in [0.15, 0.2) is 18.2 Å². The van der Waals surface area contributed by atoms with Gasteiger partial charge in [-0.3, -0.25) is 4.79 Å². The summed E-state index contributed by atoms with van der Waals surface area (Å²) in [7, 11) is 0. The maximum absolute atomic E-state index is 11.9. The Balaban J connectivity index is 2.27. The minimum absolute atomic E-state index is 0.143. The van der Waals surface area contributed by atoms with Crippen LogP contribution in [0.25, 0.3) is 0 Å². The van der Waals surface area contributed by atoms with E-state index in [4.69, 9.17) is 4.74 Å². The molecule has 0 heterocycles. The Morgan fingerprint density at radius 1 is 1.10 bits per heavy atom. The monoisotopic (exact) mass is 292 g/mol. The predicted octanol–water partition coefficient (Wildman–Crippen LogP) is 2.42. The number of hydrogen-bond donors (Lipinski definition) is 2. The molecule has 0 atom stereocenters. The lowest BCUT2D eigenvalue weighted by atomic mass is 10.1. The minimum Gasteiger partial charge on any atom is -0.449 e. The summed E-state index contributed by atoms with van der Waals surface area (Å²) < 4.78 is 4.96. The van der Waals surface area contributed by atoms with E-state index < -0.39 is 6.09 Å². The van der Waals surface area contributed by atoms with Gasteiger partial charge >= 0.3 is 6.09 Å². The first kappa shape index (κ1) is 17.0. The normalized spacial score (nSPS) is 10.3. The van der Waals surface area contributed by atoms with Gasteiger partial charge in [-0.05, 0) is 43.0 Å². The van der Waals surface area contributed by atoms with E-state index in [0.29, 0.717) is 31.2 Å². The van der Waals surface area contributed by atoms with Gasteiger partial charge < -0.3 is 15.4 Å². The summed E-state index contributed by atoms with van der Waals surface area (Å²) in [4.78, 5) is 23.2. The average molecular weight is 292 g/mol. The molecule has 5 nitrogen and oxygen atoms in total. The van der Waals surface area contributed by atoms with E-state index in [2.05, 4.69) is 10.6 Å². The van der Waals surface area contributed by atoms with E-state index >= 15 is 0 Å². The zero-order valence-corrected chi connectivity index (χ0v) is 13.2. The Labute approximate surface area is 126 Å². The molecule has 1 rings (SSSR count). The maximum Gasteiger partial charge on any atom is 0.407 e. The van der Waals surface area contributed by atoms with E-state index in [1.54, 1.807) is 6.07 Å². The van der Waals surface area contributed by atoms with Crippen molar-refractivity contribution >= 4 is 12.0 Å². The second-order valence-corrected chi connectivity index (χ2v) is 5.47. The molecule has 1 aromatic carbocycles. The van der Waals surface area contributed by atoms with Crippen molar-refractivity contribution in [2.24, 2.45) is 5.92 Å². The van der Waals surface area contributed by atoms with Gasteiger partial charge in [-0.2, -0.15) is 0 Å². The molecule has 21 heavy (non-hydrogen) atoms. The molecule has 2 amide bonds. The van der Waals surface area contributed by atoms with E-state index in [1.165, 1.54) is 0 Å². The van der Waals surface area contributed by atoms with E-state index in [0.717, 1.165) is 11.1 Å². The molecular weight excluding hydrogens is 268 g/mol. The lowest BCUT2D eigenvalue weighted by molar-refractivity contribution is 0.0951. The smallest absolute Gasteiger partial charge is 0.407 e. The van der Waals surface area contributed by atoms with E-state index in [9.17, 15) is 9.59 Å². The van der Waals surface area contributed by atoms with Gasteiger partial charge in [0.1, 0.15) is 0 Å². The van der Waals surface area contributed by atoms with E-state index in [1.807, 2.05) is 39.8 Å². The number of nitrogens with one attached hydrogen (secondary N) is 2. The molecule has 0 spiro atoms. The molecular formula is C16H24N2O3. The van der Waals surface area contributed by atoms with Gasteiger partial charge in [0.25, 0.3) is 5.91 Å². The number of amides is 2. The average Bonchev–Trinajstić information content (AvgIpc) is 2.44. The number of benzene rings is 1. The Morgan fingerprint density at radius 3 is 2.38 bits per heavy atom. The van der Waals surface area contributed by atoms with Crippen LogP contribution in [0, 0.1) is 19.8 Å². The summed E-state index contributed by atoms with van der Waals surface area (Å²) >= 11 is 0. The minimum atomic E-state index is -0.455. The Kier molecular flexibility index (Phi) is 6.72. The fourth-order valence-electron chi connectivity index (χ4n) is 1.62. The molecule has 0 fully saturated rings. The highest BCUT2D eigenvalue weighted by Gasteiger charge is 2.07. The third-order valence-corrected chi connectivity index (χ3v) is 3.00. The summed E-state index contributed by atoms with van der Waals surface area (Å²) in [6.45, 7) is 9.01. The fourth-order valence-corrected chi connectivity index (χ4v) is 1.62. The second kappa shape index (κ2) is 8.29. The molecule has 0 unspecified atom stereocenters. The topological polar surface area (TPSA) is 67.4 Å². The third kappa shape index (κ3) is 6.29. The van der Waals surface area contributed by atoms with Crippen molar-refractivity contribution in [3.63, 3.8) is 0 Å². The molecule has 0 aliphatic heterocycles. The Bertz CT molecular complexity index is 498. The summed E-state index contributed by atoms with van der Waals surface area (Å²) in [5, 5.41) is 5.35. The van der Waals surface area contributed by atoms with Crippen LogP contribution in [0.2, 0.25) is 0 Å². The number of carbonyl (C=O) groups excluding carboxylic acids is 2. The van der Waals surface area contributed by atoms with Crippen LogP contribution < -0.4 is 10.6 Å². The van der Waals surface area contributed by atoms with Gasteiger partial charge in [-0.15, -0.1) is 0 Å². The van der Waals surface area contributed by atoms with E-state index in [-0.39, 0.29) is 5.91 Å². The standard InChI is InChI=1S/C16H24N2O3/c1-11(2)10-21-16(20)18-8-7-17-15(19)14-6-5-12(3)13(4)9-14/h5-6,9,11H,7-8,10H2,1-4H3,(H,17,19)(H,18,20). The zero-order chi connectivity index (χ0) is 15.8. The van der Waals surface area contributed by atoms with Crippen molar-refractivity contribution in [3.8, 4) is 0 Å². The zero-order valence-electron chi connectivity index (χ0n) is 13.2. The SMILES string of the molecule is Cc1ccc(C(=O)NCCNC(=O)OCC(C)C)cc1C. The first-order valence-electron chi connectivity index (χ1n) is 7.16. The molecule has 116 valence electrons. The molecule has 0 aliphatic carbocycles. The van der Waals surface area contributed by atoms with Gasteiger partial charge in [0.15, 0.2) is 0 Å². The molecule has 1 aromatic rings. The van der Waals surface area contributed by atoms with Crippen molar-refractivity contribution < 1.29 is 14.3 Å². The molecule has 0 radical (unpaired) electrons. The van der Waals surface area contributed by atoms with Gasteiger partial charge in [-0.1, -0.05) is 19.9 Å². The summed E-state index contributed by atoms with van der Waals surface area (Å²) in [6.07, 6.45) is -0.455. The number of carbonyl (C=O) groups is 2. The molecule has 0 aromatic heterocycles. The number of rotatable bonds is 6. The highest BCUT2D eigenvalue weighted by Crippen LogP contribution is 2.09. The van der Waals surface area contributed by atoms with Crippen molar-refractivity contribution in [1.82, 2.24) is 10.6 Å². The van der Waals surface area contributed by atoms with Crippen LogP contribution in [0.3, 0.4) is 0 Å². The summed E-state index contributed by atoms with van der Waals surface area (Å²) in [5.74, 6) is 0.163. The second-order valence-electron chi connectivity index (χ2n) is 5.47. The molecule has 0 saturated heterocycles. The Hall–Kier alpha value is -2.04. The van der Waals surface area contributed by atoms with Crippen LogP contribution in [0.1, 0.15) is 35.3 Å².